The lowest BCUT2D eigenvalue weighted by molar-refractivity contribution is -0.140. The predicted molar refractivity (Wildman–Crippen MR) is 97.3 cm³/mol. The third-order valence-electron chi connectivity index (χ3n) is 3.58. The molecule has 0 saturated heterocycles. The molecule has 0 fully saturated rings. The number of ether oxygens (including phenoxy) is 1. The molecule has 0 rings (SSSR count). The molecule has 0 aliphatic carbocycles. The number of carbonyl (C=O) groups excluding carboxylic acids is 1. The molecular formula is C20H34O3. The summed E-state index contributed by atoms with van der Waals surface area (Å²) in [4.78, 5) is 10.9. The molecule has 132 valence electrons. The summed E-state index contributed by atoms with van der Waals surface area (Å²) in [6.45, 7) is 2.17. The lowest BCUT2D eigenvalue weighted by Crippen LogP contribution is -2.01. The number of methoxy groups -OCH3 is 1. The van der Waals surface area contributed by atoms with Gasteiger partial charge in [0.25, 0.3) is 0 Å². The second-order valence-electron chi connectivity index (χ2n) is 5.76. The van der Waals surface area contributed by atoms with Gasteiger partial charge in [-0.25, -0.2) is 0 Å². The minimum Gasteiger partial charge on any atom is -0.469 e. The van der Waals surface area contributed by atoms with E-state index in [1.54, 1.807) is 0 Å². The highest BCUT2D eigenvalue weighted by molar-refractivity contribution is 5.68. The molecule has 0 aromatic rings. The van der Waals surface area contributed by atoms with Gasteiger partial charge in [0.2, 0.25) is 0 Å². The van der Waals surface area contributed by atoms with Gasteiger partial charge in [-0.1, -0.05) is 75.5 Å². The zero-order valence-corrected chi connectivity index (χ0v) is 14.9. The van der Waals surface area contributed by atoms with Crippen molar-refractivity contribution < 1.29 is 14.6 Å². The van der Waals surface area contributed by atoms with E-state index in [4.69, 9.17) is 0 Å². The first-order chi connectivity index (χ1) is 11.2. The second kappa shape index (κ2) is 17.0. The van der Waals surface area contributed by atoms with Crippen molar-refractivity contribution in [3.8, 4) is 0 Å². The molecule has 0 aliphatic heterocycles. The van der Waals surface area contributed by atoms with Gasteiger partial charge < -0.3 is 9.84 Å². The van der Waals surface area contributed by atoms with E-state index in [0.717, 1.165) is 51.4 Å². The summed E-state index contributed by atoms with van der Waals surface area (Å²) >= 11 is 0. The molecule has 1 N–H and O–H groups in total. The van der Waals surface area contributed by atoms with E-state index in [1.807, 2.05) is 18.2 Å². The molecule has 23 heavy (non-hydrogen) atoms. The van der Waals surface area contributed by atoms with Crippen molar-refractivity contribution in [2.45, 2.75) is 77.2 Å². The van der Waals surface area contributed by atoms with Crippen molar-refractivity contribution in [2.24, 2.45) is 0 Å². The van der Waals surface area contributed by atoms with Gasteiger partial charge in [0.1, 0.15) is 0 Å². The summed E-state index contributed by atoms with van der Waals surface area (Å²) in [5.74, 6) is -0.125. The van der Waals surface area contributed by atoms with Crippen molar-refractivity contribution >= 4 is 5.97 Å². The maximum Gasteiger partial charge on any atom is 0.305 e. The Morgan fingerprint density at radius 1 is 1.04 bits per heavy atom. The quantitative estimate of drug-likeness (QED) is 0.209. The summed E-state index contributed by atoms with van der Waals surface area (Å²) < 4.78 is 4.60. The number of aliphatic hydroxyl groups excluding tert-OH is 1. The monoisotopic (exact) mass is 322 g/mol. The largest absolute Gasteiger partial charge is 0.469 e. The fourth-order valence-corrected chi connectivity index (χ4v) is 2.16. The number of hydrogen-bond acceptors (Lipinski definition) is 3. The van der Waals surface area contributed by atoms with Gasteiger partial charge in [0.05, 0.1) is 13.2 Å². The number of unbranched alkanes of at least 4 members (excludes halogenated alkanes) is 5. The van der Waals surface area contributed by atoms with Crippen LogP contribution in [-0.4, -0.2) is 24.3 Å². The van der Waals surface area contributed by atoms with Crippen LogP contribution in [0.4, 0.5) is 0 Å². The maximum atomic E-state index is 10.9. The molecule has 0 amide bonds. The van der Waals surface area contributed by atoms with Crippen molar-refractivity contribution in [3.63, 3.8) is 0 Å². The number of aliphatic hydroxyl groups is 1. The lowest BCUT2D eigenvalue weighted by atomic mass is 10.1. The van der Waals surface area contributed by atoms with Crippen LogP contribution in [0.5, 0.6) is 0 Å². The standard InChI is InChI=1S/C20H34O3/c1-3-4-5-6-7-8-10-13-16-19(21)17-14-11-9-12-15-18-20(22)23-2/h5-6,8,10,13,16,19,21H,3-4,7,9,11-12,14-15,17-18H2,1-2H3. The average Bonchev–Trinajstić information content (AvgIpc) is 2.56. The number of carbonyl (C=O) groups is 1. The van der Waals surface area contributed by atoms with Crippen molar-refractivity contribution in [1.29, 1.82) is 0 Å². The second-order valence-corrected chi connectivity index (χ2v) is 5.76. The molecule has 0 bridgehead atoms. The summed E-state index contributed by atoms with van der Waals surface area (Å²) in [7, 11) is 1.43. The van der Waals surface area contributed by atoms with E-state index in [1.165, 1.54) is 13.5 Å². The van der Waals surface area contributed by atoms with Crippen LogP contribution in [-0.2, 0) is 9.53 Å². The molecule has 0 aliphatic rings. The zero-order valence-electron chi connectivity index (χ0n) is 14.9. The first-order valence-electron chi connectivity index (χ1n) is 8.94. The number of esters is 1. The van der Waals surface area contributed by atoms with Crippen molar-refractivity contribution in [3.05, 3.63) is 36.5 Å². The van der Waals surface area contributed by atoms with Gasteiger partial charge in [-0.2, -0.15) is 0 Å². The van der Waals surface area contributed by atoms with Gasteiger partial charge in [-0.15, -0.1) is 0 Å². The van der Waals surface area contributed by atoms with Crippen LogP contribution in [0, 0.1) is 0 Å². The maximum absolute atomic E-state index is 10.9. The van der Waals surface area contributed by atoms with Gasteiger partial charge in [-0.05, 0) is 25.7 Å². The molecule has 1 unspecified atom stereocenters. The summed E-state index contributed by atoms with van der Waals surface area (Å²) in [6.07, 6.45) is 21.7. The number of hydrogen-bond donors (Lipinski definition) is 1. The van der Waals surface area contributed by atoms with E-state index in [2.05, 4.69) is 29.9 Å². The van der Waals surface area contributed by atoms with Crippen LogP contribution in [0.1, 0.15) is 71.1 Å². The first kappa shape index (κ1) is 21.6. The molecule has 3 nitrogen and oxygen atoms in total. The smallest absolute Gasteiger partial charge is 0.305 e. The third kappa shape index (κ3) is 16.8. The Labute approximate surface area is 142 Å². The highest BCUT2D eigenvalue weighted by atomic mass is 16.5. The predicted octanol–water partition coefficient (Wildman–Crippen LogP) is 5.11. The molecule has 0 aromatic carbocycles. The molecule has 0 saturated carbocycles. The SMILES string of the molecule is CCCC=CCC=CC=CC(O)CCCCCCCC(=O)OC. The van der Waals surface area contributed by atoms with E-state index in [0.29, 0.717) is 6.42 Å². The molecule has 0 radical (unpaired) electrons. The van der Waals surface area contributed by atoms with Crippen molar-refractivity contribution in [2.75, 3.05) is 7.11 Å². The van der Waals surface area contributed by atoms with E-state index < -0.39 is 0 Å². The Kier molecular flexibility index (Phi) is 16.0. The van der Waals surface area contributed by atoms with Crippen LogP contribution < -0.4 is 0 Å². The normalized spacial score (nSPS) is 13.3. The van der Waals surface area contributed by atoms with Crippen LogP contribution in [0.2, 0.25) is 0 Å². The van der Waals surface area contributed by atoms with Crippen molar-refractivity contribution in [1.82, 2.24) is 0 Å². The first-order valence-corrected chi connectivity index (χ1v) is 8.94. The van der Waals surface area contributed by atoms with Gasteiger partial charge in [0.15, 0.2) is 0 Å². The molecule has 1 atom stereocenters. The third-order valence-corrected chi connectivity index (χ3v) is 3.58. The molecule has 3 heteroatoms. The van der Waals surface area contributed by atoms with E-state index >= 15 is 0 Å². The van der Waals surface area contributed by atoms with E-state index in [9.17, 15) is 9.90 Å². The summed E-state index contributed by atoms with van der Waals surface area (Å²) in [6, 6.07) is 0. The fraction of sp³-hybridized carbons (Fsp3) is 0.650. The van der Waals surface area contributed by atoms with Gasteiger partial charge in [-0.3, -0.25) is 4.79 Å². The minimum absolute atomic E-state index is 0.125. The van der Waals surface area contributed by atoms with Crippen LogP contribution in [0.25, 0.3) is 0 Å². The summed E-state index contributed by atoms with van der Waals surface area (Å²) in [5.41, 5.74) is 0. The molecule has 0 spiro atoms. The Bertz CT molecular complexity index is 356. The summed E-state index contributed by atoms with van der Waals surface area (Å²) in [5, 5.41) is 9.83. The molecule has 0 aromatic heterocycles. The molecule has 0 heterocycles. The highest BCUT2D eigenvalue weighted by Gasteiger charge is 2.00. The van der Waals surface area contributed by atoms with Gasteiger partial charge >= 0.3 is 5.97 Å². The highest BCUT2D eigenvalue weighted by Crippen LogP contribution is 2.09. The lowest BCUT2D eigenvalue weighted by Gasteiger charge is -2.05. The van der Waals surface area contributed by atoms with Crippen LogP contribution >= 0.6 is 0 Å². The Hall–Kier alpha value is -1.35. The van der Waals surface area contributed by atoms with E-state index in [-0.39, 0.29) is 12.1 Å². The van der Waals surface area contributed by atoms with Crippen LogP contribution in [0.3, 0.4) is 0 Å². The zero-order chi connectivity index (χ0) is 17.2. The average molecular weight is 322 g/mol. The van der Waals surface area contributed by atoms with Gasteiger partial charge in [0, 0.05) is 6.42 Å². The fourth-order valence-electron chi connectivity index (χ4n) is 2.16. The Morgan fingerprint density at radius 2 is 1.78 bits per heavy atom. The Morgan fingerprint density at radius 3 is 2.52 bits per heavy atom. The number of rotatable bonds is 14. The molecular weight excluding hydrogens is 288 g/mol. The van der Waals surface area contributed by atoms with Crippen LogP contribution in [0.15, 0.2) is 36.5 Å². The topological polar surface area (TPSA) is 46.5 Å². The Balaban J connectivity index is 3.48. The number of allylic oxidation sites excluding steroid dienone is 5. The minimum atomic E-state index is -0.356.